The number of aliphatic carboxylic acids is 1. The minimum absolute atomic E-state index is 0.241. The van der Waals surface area contributed by atoms with Crippen molar-refractivity contribution in [2.24, 2.45) is 0 Å². The van der Waals surface area contributed by atoms with Crippen molar-refractivity contribution in [1.82, 2.24) is 4.90 Å². The molecule has 2 aromatic carbocycles. The van der Waals surface area contributed by atoms with E-state index in [2.05, 4.69) is 15.9 Å². The molecule has 1 N–H and O–H groups in total. The van der Waals surface area contributed by atoms with E-state index >= 15 is 0 Å². The number of halogens is 2. The quantitative estimate of drug-likeness (QED) is 0.752. The lowest BCUT2D eigenvalue weighted by Gasteiger charge is -2.33. The zero-order valence-corrected chi connectivity index (χ0v) is 16.1. The van der Waals surface area contributed by atoms with E-state index in [1.807, 2.05) is 47.4 Å². The van der Waals surface area contributed by atoms with Gasteiger partial charge >= 0.3 is 5.97 Å². The molecule has 0 aromatic heterocycles. The van der Waals surface area contributed by atoms with Crippen molar-refractivity contribution in [3.63, 3.8) is 0 Å². The van der Waals surface area contributed by atoms with E-state index in [1.54, 1.807) is 7.11 Å². The van der Waals surface area contributed by atoms with E-state index in [4.69, 9.17) is 16.3 Å². The molecule has 3 rings (SSSR count). The van der Waals surface area contributed by atoms with Crippen molar-refractivity contribution < 1.29 is 14.6 Å². The predicted octanol–water partition coefficient (Wildman–Crippen LogP) is 4.75. The van der Waals surface area contributed by atoms with Crippen LogP contribution in [0.2, 0.25) is 5.02 Å². The first kappa shape index (κ1) is 18.2. The average molecular weight is 425 g/mol. The third kappa shape index (κ3) is 3.84. The minimum Gasteiger partial charge on any atom is -0.496 e. The number of ether oxygens (including phenoxy) is 1. The number of carbonyl (C=O) groups is 1. The summed E-state index contributed by atoms with van der Waals surface area (Å²) >= 11 is 9.73. The van der Waals surface area contributed by atoms with Crippen molar-refractivity contribution in [3.05, 3.63) is 63.1 Å². The second-order valence-electron chi connectivity index (χ2n) is 6.08. The highest BCUT2D eigenvalue weighted by Crippen LogP contribution is 2.40. The van der Waals surface area contributed by atoms with E-state index in [-0.39, 0.29) is 6.04 Å². The number of likely N-dealkylation sites (tertiary alicyclic amines) is 1. The van der Waals surface area contributed by atoms with Crippen molar-refractivity contribution in [2.45, 2.75) is 24.9 Å². The van der Waals surface area contributed by atoms with Crippen LogP contribution in [0.1, 0.15) is 30.0 Å². The molecule has 4 nitrogen and oxygen atoms in total. The van der Waals surface area contributed by atoms with Gasteiger partial charge in [-0.15, -0.1) is 0 Å². The van der Waals surface area contributed by atoms with Crippen LogP contribution < -0.4 is 4.74 Å². The molecule has 1 fully saturated rings. The molecular formula is C19H19BrClNO3. The summed E-state index contributed by atoms with van der Waals surface area (Å²) < 4.78 is 6.48. The summed E-state index contributed by atoms with van der Waals surface area (Å²) in [6.07, 6.45) is 1.49. The standard InChI is InChI=1S/C19H19BrClNO3/c1-25-17-8-7-13(20)11-15(17)18(12-4-2-5-14(21)10-12)22-9-3-6-16(22)19(23)24/h2,4-5,7-8,10-11,16,18H,3,6,9H2,1H3,(H,23,24). The first-order valence-corrected chi connectivity index (χ1v) is 9.26. The van der Waals surface area contributed by atoms with Gasteiger partial charge in [0.25, 0.3) is 0 Å². The van der Waals surface area contributed by atoms with Gasteiger partial charge in [-0.2, -0.15) is 0 Å². The maximum Gasteiger partial charge on any atom is 0.320 e. The van der Waals surface area contributed by atoms with E-state index < -0.39 is 12.0 Å². The van der Waals surface area contributed by atoms with Crippen LogP contribution in [0.3, 0.4) is 0 Å². The summed E-state index contributed by atoms with van der Waals surface area (Å²) in [5.41, 5.74) is 1.88. The molecule has 0 spiro atoms. The molecule has 1 aliphatic heterocycles. The monoisotopic (exact) mass is 423 g/mol. The van der Waals surface area contributed by atoms with Gasteiger partial charge in [0.1, 0.15) is 11.8 Å². The Kier molecular flexibility index (Phi) is 5.67. The molecule has 0 amide bonds. The lowest BCUT2D eigenvalue weighted by atomic mass is 9.95. The summed E-state index contributed by atoms with van der Waals surface area (Å²) in [6, 6.07) is 12.6. The van der Waals surface area contributed by atoms with Crippen molar-refractivity contribution in [1.29, 1.82) is 0 Å². The van der Waals surface area contributed by atoms with Crippen molar-refractivity contribution >= 4 is 33.5 Å². The molecule has 0 radical (unpaired) electrons. The number of benzene rings is 2. The molecular weight excluding hydrogens is 406 g/mol. The summed E-state index contributed by atoms with van der Waals surface area (Å²) in [6.45, 7) is 0.712. The van der Waals surface area contributed by atoms with Gasteiger partial charge in [-0.25, -0.2) is 0 Å². The topological polar surface area (TPSA) is 49.8 Å². The number of methoxy groups -OCH3 is 1. The van der Waals surface area contributed by atoms with Crippen LogP contribution in [0.25, 0.3) is 0 Å². The first-order chi connectivity index (χ1) is 12.0. The minimum atomic E-state index is -0.793. The molecule has 2 aromatic rings. The van der Waals surface area contributed by atoms with Gasteiger partial charge in [-0.05, 0) is 48.7 Å². The van der Waals surface area contributed by atoms with Crippen molar-refractivity contribution in [2.75, 3.05) is 13.7 Å². The third-order valence-electron chi connectivity index (χ3n) is 4.56. The van der Waals surface area contributed by atoms with Gasteiger partial charge in [0.05, 0.1) is 13.2 Å². The Bertz CT molecular complexity index is 783. The fourth-order valence-corrected chi connectivity index (χ4v) is 4.09. The summed E-state index contributed by atoms with van der Waals surface area (Å²) in [5.74, 6) is -0.0669. The zero-order valence-electron chi connectivity index (χ0n) is 13.8. The summed E-state index contributed by atoms with van der Waals surface area (Å²) in [4.78, 5) is 13.8. The molecule has 1 saturated heterocycles. The Labute approximate surface area is 160 Å². The number of hydrogen-bond acceptors (Lipinski definition) is 3. The third-order valence-corrected chi connectivity index (χ3v) is 5.29. The molecule has 25 heavy (non-hydrogen) atoms. The predicted molar refractivity (Wildman–Crippen MR) is 101 cm³/mol. The Morgan fingerprint density at radius 3 is 2.84 bits per heavy atom. The maximum atomic E-state index is 11.8. The lowest BCUT2D eigenvalue weighted by Crippen LogP contribution is -2.39. The molecule has 132 valence electrons. The second-order valence-corrected chi connectivity index (χ2v) is 7.43. The van der Waals surface area contributed by atoms with Gasteiger partial charge in [0.15, 0.2) is 0 Å². The molecule has 1 aliphatic rings. The normalized spacial score (nSPS) is 18.9. The van der Waals surface area contributed by atoms with E-state index in [0.717, 1.165) is 27.8 Å². The highest BCUT2D eigenvalue weighted by molar-refractivity contribution is 9.10. The molecule has 0 bridgehead atoms. The zero-order chi connectivity index (χ0) is 18.0. The van der Waals surface area contributed by atoms with Crippen LogP contribution in [0.15, 0.2) is 46.9 Å². The Morgan fingerprint density at radius 1 is 1.36 bits per heavy atom. The molecule has 2 unspecified atom stereocenters. The average Bonchev–Trinajstić information content (AvgIpc) is 3.05. The van der Waals surface area contributed by atoms with E-state index in [1.165, 1.54) is 0 Å². The largest absolute Gasteiger partial charge is 0.496 e. The van der Waals surface area contributed by atoms with Gasteiger partial charge in [-0.1, -0.05) is 39.7 Å². The molecule has 6 heteroatoms. The van der Waals surface area contributed by atoms with E-state index in [9.17, 15) is 9.90 Å². The van der Waals surface area contributed by atoms with Gasteiger partial charge in [0.2, 0.25) is 0 Å². The van der Waals surface area contributed by atoms with E-state index in [0.29, 0.717) is 18.0 Å². The SMILES string of the molecule is COc1ccc(Br)cc1C(c1cccc(Cl)c1)N1CCCC1C(=O)O. The first-order valence-electron chi connectivity index (χ1n) is 8.08. The highest BCUT2D eigenvalue weighted by Gasteiger charge is 2.38. The molecule has 2 atom stereocenters. The van der Waals surface area contributed by atoms with Crippen LogP contribution >= 0.6 is 27.5 Å². The van der Waals surface area contributed by atoms with Gasteiger partial charge < -0.3 is 9.84 Å². The lowest BCUT2D eigenvalue weighted by molar-refractivity contribution is -0.142. The van der Waals surface area contributed by atoms with Crippen LogP contribution in [0.4, 0.5) is 0 Å². The highest BCUT2D eigenvalue weighted by atomic mass is 79.9. The van der Waals surface area contributed by atoms with Crippen molar-refractivity contribution in [3.8, 4) is 5.75 Å². The molecule has 0 aliphatic carbocycles. The Morgan fingerprint density at radius 2 is 2.16 bits per heavy atom. The summed E-state index contributed by atoms with van der Waals surface area (Å²) in [7, 11) is 1.63. The maximum absolute atomic E-state index is 11.8. The fraction of sp³-hybridized carbons (Fsp3) is 0.316. The van der Waals surface area contributed by atoms with Gasteiger partial charge in [0, 0.05) is 21.6 Å². The fourth-order valence-electron chi connectivity index (χ4n) is 3.51. The van der Waals surface area contributed by atoms with Crippen LogP contribution in [-0.2, 0) is 4.79 Å². The van der Waals surface area contributed by atoms with Crippen LogP contribution in [-0.4, -0.2) is 35.7 Å². The number of carboxylic acids is 1. The Balaban J connectivity index is 2.16. The smallest absolute Gasteiger partial charge is 0.320 e. The summed E-state index contributed by atoms with van der Waals surface area (Å²) in [5, 5.41) is 10.3. The Hall–Kier alpha value is -1.56. The number of hydrogen-bond donors (Lipinski definition) is 1. The van der Waals surface area contributed by atoms with Crippen LogP contribution in [0.5, 0.6) is 5.75 Å². The second kappa shape index (κ2) is 7.77. The molecule has 1 heterocycles. The number of carboxylic acid groups (broad SMARTS) is 1. The van der Waals surface area contributed by atoms with Gasteiger partial charge in [-0.3, -0.25) is 9.69 Å². The molecule has 0 saturated carbocycles. The van der Waals surface area contributed by atoms with Crippen LogP contribution in [0, 0.1) is 0 Å². The number of nitrogens with zero attached hydrogens (tertiary/aromatic N) is 1. The number of rotatable bonds is 5.